The number of nitrogens with one attached hydrogen (secondary N) is 1. The molecular weight excluding hydrogens is 347 g/mol. The normalized spacial score (nSPS) is 11.3. The van der Waals surface area contributed by atoms with Crippen molar-refractivity contribution in [2.45, 2.75) is 20.8 Å². The van der Waals surface area contributed by atoms with Gasteiger partial charge in [0.1, 0.15) is 5.82 Å². The minimum absolute atomic E-state index is 0.204. The van der Waals surface area contributed by atoms with E-state index in [1.807, 2.05) is 0 Å². The second kappa shape index (κ2) is 8.26. The van der Waals surface area contributed by atoms with E-state index >= 15 is 0 Å². The fraction of sp³-hybridized carbons (Fsp3) is 0.350. The van der Waals surface area contributed by atoms with Crippen molar-refractivity contribution in [3.8, 4) is 11.3 Å². The van der Waals surface area contributed by atoms with Crippen molar-refractivity contribution in [3.63, 3.8) is 0 Å². The molecule has 1 aromatic carbocycles. The second-order valence-electron chi connectivity index (χ2n) is 6.29. The van der Waals surface area contributed by atoms with Gasteiger partial charge in [0.25, 0.3) is 11.6 Å². The predicted molar refractivity (Wildman–Crippen MR) is 102 cm³/mol. The van der Waals surface area contributed by atoms with Crippen LogP contribution in [0.4, 0.5) is 4.39 Å². The number of amides is 1. The van der Waals surface area contributed by atoms with Crippen LogP contribution >= 0.6 is 0 Å². The Bertz CT molecular complexity index is 933. The molecule has 0 aliphatic carbocycles. The Labute approximate surface area is 157 Å². The van der Waals surface area contributed by atoms with E-state index in [2.05, 4.69) is 34.2 Å². The molecule has 1 N–H and O–H groups in total. The summed E-state index contributed by atoms with van der Waals surface area (Å²) < 4.78 is 18.5. The lowest BCUT2D eigenvalue weighted by Crippen LogP contribution is -2.34. The van der Waals surface area contributed by atoms with Crippen molar-refractivity contribution in [3.05, 3.63) is 47.4 Å². The Morgan fingerprint density at radius 2 is 1.93 bits per heavy atom. The highest BCUT2D eigenvalue weighted by Gasteiger charge is 2.19. The molecule has 0 unspecified atom stereocenters. The number of halogens is 1. The number of nitrogens with zero attached hydrogens (tertiary/aromatic N) is 3. The van der Waals surface area contributed by atoms with Crippen LogP contribution in [0.25, 0.3) is 22.4 Å². The molecule has 7 heteroatoms. The zero-order valence-corrected chi connectivity index (χ0v) is 15.8. The van der Waals surface area contributed by atoms with Crippen LogP contribution in [-0.4, -0.2) is 47.1 Å². The quantitative estimate of drug-likeness (QED) is 0.690. The van der Waals surface area contributed by atoms with Crippen LogP contribution in [0.3, 0.4) is 0 Å². The third-order valence-corrected chi connectivity index (χ3v) is 4.61. The van der Waals surface area contributed by atoms with Gasteiger partial charge in [-0.25, -0.2) is 9.37 Å². The molecule has 2 aromatic heterocycles. The van der Waals surface area contributed by atoms with Crippen LogP contribution in [0.15, 0.2) is 34.9 Å². The maximum absolute atomic E-state index is 13.2. The monoisotopic (exact) mass is 370 g/mol. The molecule has 0 atom stereocenters. The first-order valence-electron chi connectivity index (χ1n) is 9.07. The number of fused-ring (bicyclic) bond motifs is 1. The van der Waals surface area contributed by atoms with Gasteiger partial charge in [0.05, 0.1) is 22.3 Å². The molecule has 0 spiro atoms. The Kier molecular flexibility index (Phi) is 5.81. The zero-order chi connectivity index (χ0) is 19.4. The standard InChI is InChI=1S/C20H23FN4O2/c1-4-25(5-2)11-10-22-19(26)16-12-17(14-6-8-15(21)9-7-14)23-20-18(16)13(3)24-27-20/h6-9,12H,4-5,10-11H2,1-3H3,(H,22,26). The molecule has 3 aromatic rings. The fourth-order valence-electron chi connectivity index (χ4n) is 3.00. The molecular formula is C20H23FN4O2. The molecule has 0 aliphatic rings. The maximum atomic E-state index is 13.2. The van der Waals surface area contributed by atoms with E-state index in [1.165, 1.54) is 12.1 Å². The van der Waals surface area contributed by atoms with Crippen LogP contribution < -0.4 is 5.32 Å². The Morgan fingerprint density at radius 1 is 1.22 bits per heavy atom. The molecule has 0 bridgehead atoms. The summed E-state index contributed by atoms with van der Waals surface area (Å²) in [4.78, 5) is 19.5. The van der Waals surface area contributed by atoms with E-state index < -0.39 is 0 Å². The highest BCUT2D eigenvalue weighted by molar-refractivity contribution is 6.06. The van der Waals surface area contributed by atoms with Crippen LogP contribution in [0.5, 0.6) is 0 Å². The number of hydrogen-bond acceptors (Lipinski definition) is 5. The van der Waals surface area contributed by atoms with Crippen molar-refractivity contribution in [1.82, 2.24) is 20.4 Å². The van der Waals surface area contributed by atoms with E-state index in [0.717, 1.165) is 19.6 Å². The van der Waals surface area contributed by atoms with Gasteiger partial charge in [-0.05, 0) is 50.3 Å². The van der Waals surface area contributed by atoms with Crippen molar-refractivity contribution >= 4 is 17.0 Å². The Hall–Kier alpha value is -2.80. The summed E-state index contributed by atoms with van der Waals surface area (Å²) in [6.45, 7) is 9.15. The van der Waals surface area contributed by atoms with Crippen LogP contribution in [0, 0.1) is 12.7 Å². The smallest absolute Gasteiger partial charge is 0.259 e. The summed E-state index contributed by atoms with van der Waals surface area (Å²) in [5.41, 5.74) is 2.59. The topological polar surface area (TPSA) is 71.3 Å². The molecule has 6 nitrogen and oxygen atoms in total. The minimum atomic E-state index is -0.329. The van der Waals surface area contributed by atoms with Crippen molar-refractivity contribution in [1.29, 1.82) is 0 Å². The van der Waals surface area contributed by atoms with Crippen LogP contribution in [0.2, 0.25) is 0 Å². The summed E-state index contributed by atoms with van der Waals surface area (Å²) in [5.74, 6) is -0.533. The number of aromatic nitrogens is 2. The Balaban J connectivity index is 1.91. The second-order valence-corrected chi connectivity index (χ2v) is 6.29. The maximum Gasteiger partial charge on any atom is 0.259 e. The molecule has 0 saturated heterocycles. The lowest BCUT2D eigenvalue weighted by molar-refractivity contribution is 0.0950. The van der Waals surface area contributed by atoms with E-state index in [0.29, 0.717) is 40.2 Å². The SMILES string of the molecule is CCN(CC)CCNC(=O)c1cc(-c2ccc(F)cc2)nc2onc(C)c12. The van der Waals surface area contributed by atoms with Gasteiger partial charge in [-0.3, -0.25) is 4.79 Å². The third-order valence-electron chi connectivity index (χ3n) is 4.61. The van der Waals surface area contributed by atoms with E-state index in [-0.39, 0.29) is 11.7 Å². The van der Waals surface area contributed by atoms with Gasteiger partial charge < -0.3 is 14.7 Å². The van der Waals surface area contributed by atoms with E-state index in [9.17, 15) is 9.18 Å². The van der Waals surface area contributed by atoms with Gasteiger partial charge in [0, 0.05) is 18.7 Å². The highest BCUT2D eigenvalue weighted by Crippen LogP contribution is 2.27. The molecule has 1 amide bonds. The minimum Gasteiger partial charge on any atom is -0.351 e. The fourth-order valence-corrected chi connectivity index (χ4v) is 3.00. The zero-order valence-electron chi connectivity index (χ0n) is 15.8. The number of rotatable bonds is 7. The molecule has 0 fully saturated rings. The third kappa shape index (κ3) is 4.14. The largest absolute Gasteiger partial charge is 0.351 e. The summed E-state index contributed by atoms with van der Waals surface area (Å²) in [6, 6.07) is 7.66. The summed E-state index contributed by atoms with van der Waals surface area (Å²) in [5, 5.41) is 7.49. The number of hydrogen-bond donors (Lipinski definition) is 1. The molecule has 27 heavy (non-hydrogen) atoms. The van der Waals surface area contributed by atoms with Gasteiger partial charge >= 0.3 is 0 Å². The number of carbonyl (C=O) groups is 1. The predicted octanol–water partition coefficient (Wildman–Crippen LogP) is 3.41. The van der Waals surface area contributed by atoms with Gasteiger partial charge in [-0.1, -0.05) is 19.0 Å². The number of pyridine rings is 1. The van der Waals surface area contributed by atoms with Gasteiger partial charge in [0.2, 0.25) is 0 Å². The van der Waals surface area contributed by atoms with Gasteiger partial charge in [-0.15, -0.1) is 0 Å². The molecule has 0 radical (unpaired) electrons. The number of benzene rings is 1. The lowest BCUT2D eigenvalue weighted by Gasteiger charge is -2.18. The number of carbonyl (C=O) groups excluding carboxylic acids is 1. The summed E-state index contributed by atoms with van der Waals surface area (Å²) in [6.07, 6.45) is 0. The van der Waals surface area contributed by atoms with Crippen molar-refractivity contribution < 1.29 is 13.7 Å². The lowest BCUT2D eigenvalue weighted by atomic mass is 10.1. The first kappa shape index (κ1) is 19.0. The number of aryl methyl sites for hydroxylation is 1. The van der Waals surface area contributed by atoms with Crippen LogP contribution in [0.1, 0.15) is 29.9 Å². The van der Waals surface area contributed by atoms with E-state index in [1.54, 1.807) is 25.1 Å². The van der Waals surface area contributed by atoms with Crippen molar-refractivity contribution in [2.75, 3.05) is 26.2 Å². The average Bonchev–Trinajstić information content (AvgIpc) is 3.06. The molecule has 0 saturated carbocycles. The average molecular weight is 370 g/mol. The first-order chi connectivity index (χ1) is 13.0. The molecule has 2 heterocycles. The van der Waals surface area contributed by atoms with E-state index in [4.69, 9.17) is 4.52 Å². The Morgan fingerprint density at radius 3 is 2.59 bits per heavy atom. The van der Waals surface area contributed by atoms with Gasteiger partial charge in [0.15, 0.2) is 0 Å². The molecule has 142 valence electrons. The summed E-state index contributed by atoms with van der Waals surface area (Å²) >= 11 is 0. The molecule has 0 aliphatic heterocycles. The number of likely N-dealkylation sites (N-methyl/N-ethyl adjacent to an activating group) is 1. The highest BCUT2D eigenvalue weighted by atomic mass is 19.1. The van der Waals surface area contributed by atoms with Gasteiger partial charge in [-0.2, -0.15) is 0 Å². The van der Waals surface area contributed by atoms with Crippen LogP contribution in [-0.2, 0) is 0 Å². The first-order valence-corrected chi connectivity index (χ1v) is 9.07. The molecule has 3 rings (SSSR count). The van der Waals surface area contributed by atoms with Crippen molar-refractivity contribution in [2.24, 2.45) is 0 Å². The summed E-state index contributed by atoms with van der Waals surface area (Å²) in [7, 11) is 0.